The molecule has 0 N–H and O–H groups in total. The van der Waals surface area contributed by atoms with E-state index in [-0.39, 0.29) is 5.92 Å². The van der Waals surface area contributed by atoms with Gasteiger partial charge in [-0.15, -0.1) is 0 Å². The zero-order chi connectivity index (χ0) is 23.7. The van der Waals surface area contributed by atoms with E-state index >= 15 is 0 Å². The smallest absolute Gasteiger partial charge is 0.243 e. The van der Waals surface area contributed by atoms with Crippen LogP contribution < -0.4 is 9.47 Å². The van der Waals surface area contributed by atoms with Crippen LogP contribution in [0, 0.1) is 0 Å². The predicted molar refractivity (Wildman–Crippen MR) is 127 cm³/mol. The molecule has 9 heteroatoms. The maximum atomic E-state index is 13.4. The molecule has 1 aliphatic carbocycles. The zero-order valence-electron chi connectivity index (χ0n) is 19.5. The standard InChI is InChI=1S/C25H29N3O5S/c1-31-22-12-10-19(15-23(22)32-2)24-26-25(33-27-24)20-8-5-13-28(16-20)34(29,30)21-11-9-17-6-3-4-7-18(17)14-21/h9-12,14-15,20H,3-8,13,16H2,1-2H3/t20-/m1/s1. The molecule has 1 aliphatic heterocycles. The van der Waals surface area contributed by atoms with E-state index in [1.165, 1.54) is 12.0 Å². The second kappa shape index (κ2) is 9.38. The molecule has 34 heavy (non-hydrogen) atoms. The number of sulfonamides is 1. The highest BCUT2D eigenvalue weighted by atomic mass is 32.2. The number of nitrogens with zero attached hydrogens (tertiary/aromatic N) is 3. The number of hydrogen-bond acceptors (Lipinski definition) is 7. The number of hydrogen-bond donors (Lipinski definition) is 0. The van der Waals surface area contributed by atoms with Crippen LogP contribution in [0.15, 0.2) is 45.8 Å². The van der Waals surface area contributed by atoms with Crippen LogP contribution in [0.4, 0.5) is 0 Å². The molecule has 1 fully saturated rings. The number of rotatable bonds is 6. The molecule has 1 aromatic heterocycles. The van der Waals surface area contributed by atoms with Gasteiger partial charge in [-0.05, 0) is 80.0 Å². The van der Waals surface area contributed by atoms with Crippen molar-refractivity contribution in [3.63, 3.8) is 0 Å². The first-order chi connectivity index (χ1) is 16.5. The van der Waals surface area contributed by atoms with Crippen molar-refractivity contribution in [2.24, 2.45) is 0 Å². The third-order valence-corrected chi connectivity index (χ3v) is 8.64. The minimum atomic E-state index is -3.59. The highest BCUT2D eigenvalue weighted by Gasteiger charge is 2.34. The van der Waals surface area contributed by atoms with Gasteiger partial charge in [0.2, 0.25) is 21.7 Å². The van der Waals surface area contributed by atoms with Crippen molar-refractivity contribution < 1.29 is 22.4 Å². The zero-order valence-corrected chi connectivity index (χ0v) is 20.3. The van der Waals surface area contributed by atoms with Crippen LogP contribution in [-0.4, -0.2) is 50.2 Å². The normalized spacial score (nSPS) is 18.9. The third kappa shape index (κ3) is 4.30. The van der Waals surface area contributed by atoms with Gasteiger partial charge in [-0.1, -0.05) is 11.2 Å². The lowest BCUT2D eigenvalue weighted by Gasteiger charge is -2.30. The van der Waals surface area contributed by atoms with E-state index < -0.39 is 10.0 Å². The average molecular weight is 484 g/mol. The van der Waals surface area contributed by atoms with Gasteiger partial charge in [0, 0.05) is 18.7 Å². The summed E-state index contributed by atoms with van der Waals surface area (Å²) in [5.74, 6) is 1.93. The molecule has 180 valence electrons. The van der Waals surface area contributed by atoms with Crippen LogP contribution in [0.5, 0.6) is 11.5 Å². The van der Waals surface area contributed by atoms with Crippen molar-refractivity contribution in [3.8, 4) is 22.9 Å². The van der Waals surface area contributed by atoms with Gasteiger partial charge in [-0.2, -0.15) is 9.29 Å². The lowest BCUT2D eigenvalue weighted by molar-refractivity contribution is 0.265. The monoisotopic (exact) mass is 483 g/mol. The fraction of sp³-hybridized carbons (Fsp3) is 0.440. The Hall–Kier alpha value is -2.91. The SMILES string of the molecule is COc1ccc(-c2noc([C@@H]3CCCN(S(=O)(=O)c4ccc5c(c4)CCCC5)C3)n2)cc1OC. The Morgan fingerprint density at radius 2 is 1.76 bits per heavy atom. The quantitative estimate of drug-likeness (QED) is 0.518. The molecule has 2 aromatic carbocycles. The van der Waals surface area contributed by atoms with Gasteiger partial charge in [0.25, 0.3) is 0 Å². The molecule has 5 rings (SSSR count). The topological polar surface area (TPSA) is 94.8 Å². The van der Waals surface area contributed by atoms with Crippen LogP contribution in [0.2, 0.25) is 0 Å². The van der Waals surface area contributed by atoms with Gasteiger partial charge in [0.15, 0.2) is 11.5 Å². The molecule has 8 nitrogen and oxygen atoms in total. The van der Waals surface area contributed by atoms with Crippen molar-refractivity contribution in [2.75, 3.05) is 27.3 Å². The fourth-order valence-electron chi connectivity index (χ4n) is 4.88. The number of methoxy groups -OCH3 is 2. The molecule has 0 amide bonds. The van der Waals surface area contributed by atoms with Crippen molar-refractivity contribution in [2.45, 2.75) is 49.3 Å². The molecule has 3 aromatic rings. The number of fused-ring (bicyclic) bond motifs is 1. The number of aromatic nitrogens is 2. The summed E-state index contributed by atoms with van der Waals surface area (Å²) < 4.78 is 44.7. The van der Waals surface area contributed by atoms with Gasteiger partial charge in [-0.25, -0.2) is 8.42 Å². The summed E-state index contributed by atoms with van der Waals surface area (Å²) in [6.45, 7) is 0.819. The Kier molecular flexibility index (Phi) is 6.31. The van der Waals surface area contributed by atoms with E-state index in [0.29, 0.717) is 41.2 Å². The van der Waals surface area contributed by atoms with Gasteiger partial charge >= 0.3 is 0 Å². The Balaban J connectivity index is 1.36. The Labute approximate surface area is 199 Å². The largest absolute Gasteiger partial charge is 0.493 e. The Morgan fingerprint density at radius 1 is 0.971 bits per heavy atom. The molecular weight excluding hydrogens is 454 g/mol. The highest BCUT2D eigenvalue weighted by Crippen LogP contribution is 2.34. The lowest BCUT2D eigenvalue weighted by atomic mass is 9.92. The minimum Gasteiger partial charge on any atom is -0.493 e. The summed E-state index contributed by atoms with van der Waals surface area (Å²) >= 11 is 0. The average Bonchev–Trinajstić information content (AvgIpc) is 3.38. The summed E-state index contributed by atoms with van der Waals surface area (Å²) in [6.07, 6.45) is 5.79. The first-order valence-electron chi connectivity index (χ1n) is 11.7. The number of aryl methyl sites for hydroxylation is 2. The molecule has 0 saturated carbocycles. The number of piperidine rings is 1. The van der Waals surface area contributed by atoms with Gasteiger partial charge in [0.1, 0.15) is 0 Å². The van der Waals surface area contributed by atoms with E-state index in [1.54, 1.807) is 36.7 Å². The summed E-state index contributed by atoms with van der Waals surface area (Å²) in [4.78, 5) is 4.97. The molecule has 2 aliphatic rings. The van der Waals surface area contributed by atoms with E-state index in [9.17, 15) is 8.42 Å². The predicted octanol–water partition coefficient (Wildman–Crippen LogP) is 4.20. The number of benzene rings is 2. The van der Waals surface area contributed by atoms with Crippen molar-refractivity contribution in [1.29, 1.82) is 0 Å². The summed E-state index contributed by atoms with van der Waals surface area (Å²) in [6, 6.07) is 11.0. The molecule has 2 heterocycles. The minimum absolute atomic E-state index is 0.150. The maximum absolute atomic E-state index is 13.4. The molecule has 0 spiro atoms. The molecule has 0 radical (unpaired) electrons. The molecule has 1 saturated heterocycles. The van der Waals surface area contributed by atoms with Crippen molar-refractivity contribution in [3.05, 3.63) is 53.4 Å². The Morgan fingerprint density at radius 3 is 2.56 bits per heavy atom. The van der Waals surface area contributed by atoms with E-state index in [1.807, 2.05) is 18.2 Å². The van der Waals surface area contributed by atoms with Crippen LogP contribution >= 0.6 is 0 Å². The molecular formula is C25H29N3O5S. The van der Waals surface area contributed by atoms with Crippen LogP contribution in [0.1, 0.15) is 48.6 Å². The van der Waals surface area contributed by atoms with E-state index in [0.717, 1.165) is 43.2 Å². The summed E-state index contributed by atoms with van der Waals surface area (Å²) in [5.41, 5.74) is 3.18. The second-order valence-corrected chi connectivity index (χ2v) is 10.8. The van der Waals surface area contributed by atoms with Crippen molar-refractivity contribution in [1.82, 2.24) is 14.4 Å². The Bertz CT molecular complexity index is 1290. The summed E-state index contributed by atoms with van der Waals surface area (Å²) in [5, 5.41) is 4.14. The van der Waals surface area contributed by atoms with E-state index in [4.69, 9.17) is 14.0 Å². The van der Waals surface area contributed by atoms with Gasteiger partial charge in [0.05, 0.1) is 25.0 Å². The van der Waals surface area contributed by atoms with Crippen LogP contribution in [0.25, 0.3) is 11.4 Å². The van der Waals surface area contributed by atoms with Crippen LogP contribution in [0.3, 0.4) is 0 Å². The molecule has 0 unspecified atom stereocenters. The fourth-order valence-corrected chi connectivity index (χ4v) is 6.45. The molecule has 0 bridgehead atoms. The number of ether oxygens (including phenoxy) is 2. The lowest BCUT2D eigenvalue weighted by Crippen LogP contribution is -2.39. The maximum Gasteiger partial charge on any atom is 0.243 e. The first kappa shape index (κ1) is 22.9. The molecule has 1 atom stereocenters. The van der Waals surface area contributed by atoms with Crippen molar-refractivity contribution >= 4 is 10.0 Å². The second-order valence-electron chi connectivity index (χ2n) is 8.87. The van der Waals surface area contributed by atoms with E-state index in [2.05, 4.69) is 10.1 Å². The highest BCUT2D eigenvalue weighted by molar-refractivity contribution is 7.89. The van der Waals surface area contributed by atoms with Gasteiger partial charge in [-0.3, -0.25) is 0 Å². The third-order valence-electron chi connectivity index (χ3n) is 6.77. The van der Waals surface area contributed by atoms with Gasteiger partial charge < -0.3 is 14.0 Å². The summed E-state index contributed by atoms with van der Waals surface area (Å²) in [7, 11) is -0.433. The van der Waals surface area contributed by atoms with Crippen LogP contribution in [-0.2, 0) is 22.9 Å². The first-order valence-corrected chi connectivity index (χ1v) is 13.1.